The molecule has 6 nitrogen and oxygen atoms in total. The Bertz CT molecular complexity index is 932. The summed E-state index contributed by atoms with van der Waals surface area (Å²) in [7, 11) is 0. The van der Waals surface area contributed by atoms with Crippen LogP contribution in [0.15, 0.2) is 48.7 Å². The first-order valence-corrected chi connectivity index (χ1v) is 7.70. The number of pyridine rings is 1. The fourth-order valence-corrected chi connectivity index (χ4v) is 2.78. The lowest BCUT2D eigenvalue weighted by Gasteiger charge is -2.24. The van der Waals surface area contributed by atoms with Gasteiger partial charge in [0.15, 0.2) is 11.9 Å². The minimum Gasteiger partial charge on any atom is -0.479 e. The molecule has 120 valence electrons. The van der Waals surface area contributed by atoms with Gasteiger partial charge < -0.3 is 15.0 Å². The normalized spacial score (nSPS) is 16.5. The molecule has 0 bridgehead atoms. The number of benzene rings is 1. The average Bonchev–Trinajstić information content (AvgIpc) is 3.07. The molecule has 24 heavy (non-hydrogen) atoms. The maximum Gasteiger partial charge on any atom is 0.261 e. The molecule has 3 aromatic rings. The van der Waals surface area contributed by atoms with E-state index in [0.717, 1.165) is 16.7 Å². The molecule has 0 spiro atoms. The summed E-state index contributed by atoms with van der Waals surface area (Å²) >= 11 is 0. The first-order valence-electron chi connectivity index (χ1n) is 7.70. The number of aromatic amines is 1. The van der Waals surface area contributed by atoms with Gasteiger partial charge in [0, 0.05) is 11.6 Å². The first kappa shape index (κ1) is 14.4. The largest absolute Gasteiger partial charge is 0.479 e. The molecule has 0 radical (unpaired) electrons. The van der Waals surface area contributed by atoms with E-state index in [1.165, 1.54) is 0 Å². The number of H-pyrrole nitrogens is 1. The van der Waals surface area contributed by atoms with E-state index in [1.54, 1.807) is 24.3 Å². The molecular formula is C18H15N3O3. The number of para-hydroxylation sites is 1. The van der Waals surface area contributed by atoms with Gasteiger partial charge in [-0.05, 0) is 30.3 Å². The first-order chi connectivity index (χ1) is 11.7. The van der Waals surface area contributed by atoms with Crippen molar-refractivity contribution in [3.63, 3.8) is 0 Å². The van der Waals surface area contributed by atoms with Gasteiger partial charge in [-0.25, -0.2) is 4.98 Å². The molecule has 6 heteroatoms. The van der Waals surface area contributed by atoms with E-state index in [9.17, 15) is 9.59 Å². The van der Waals surface area contributed by atoms with E-state index in [2.05, 4.69) is 15.3 Å². The van der Waals surface area contributed by atoms with Crippen molar-refractivity contribution in [2.45, 2.75) is 19.1 Å². The molecule has 2 N–H and O–H groups in total. The molecule has 1 aliphatic rings. The molecule has 1 unspecified atom stereocenters. The standard InChI is InChI=1S/C18H15N3O3/c22-14-9-16(24-15-4-2-1-3-13(14)15)18(23)20-10-12-6-5-11-7-8-19-17(11)21-12/h1-8,16H,9-10H2,(H,19,21)(H,20,23). The van der Waals surface area contributed by atoms with Gasteiger partial charge in [0.1, 0.15) is 11.4 Å². The zero-order chi connectivity index (χ0) is 16.5. The predicted molar refractivity (Wildman–Crippen MR) is 87.7 cm³/mol. The Labute approximate surface area is 137 Å². The topological polar surface area (TPSA) is 84.1 Å². The van der Waals surface area contributed by atoms with E-state index < -0.39 is 6.10 Å². The van der Waals surface area contributed by atoms with E-state index in [-0.39, 0.29) is 24.7 Å². The minimum atomic E-state index is -0.804. The van der Waals surface area contributed by atoms with Crippen LogP contribution in [0.2, 0.25) is 0 Å². The summed E-state index contributed by atoms with van der Waals surface area (Å²) in [6, 6.07) is 12.7. The van der Waals surface area contributed by atoms with Crippen LogP contribution in [0, 0.1) is 0 Å². The third-order valence-corrected chi connectivity index (χ3v) is 4.03. The number of hydrogen-bond donors (Lipinski definition) is 2. The Morgan fingerprint density at radius 2 is 2.12 bits per heavy atom. The smallest absolute Gasteiger partial charge is 0.261 e. The maximum atomic E-state index is 12.3. The Kier molecular flexibility index (Phi) is 3.49. The van der Waals surface area contributed by atoms with Crippen LogP contribution in [-0.4, -0.2) is 27.8 Å². The van der Waals surface area contributed by atoms with Gasteiger partial charge in [0.25, 0.3) is 5.91 Å². The van der Waals surface area contributed by atoms with Crippen LogP contribution < -0.4 is 10.1 Å². The number of carbonyl (C=O) groups excluding carboxylic acids is 2. The number of ether oxygens (including phenoxy) is 1. The van der Waals surface area contributed by atoms with E-state index in [0.29, 0.717) is 11.3 Å². The maximum absolute atomic E-state index is 12.3. The summed E-state index contributed by atoms with van der Waals surface area (Å²) in [6.45, 7) is 0.281. The number of carbonyl (C=O) groups is 2. The fourth-order valence-electron chi connectivity index (χ4n) is 2.78. The lowest BCUT2D eigenvalue weighted by atomic mass is 10.0. The molecular weight excluding hydrogens is 306 g/mol. The second-order valence-corrected chi connectivity index (χ2v) is 5.67. The van der Waals surface area contributed by atoms with Crippen LogP contribution >= 0.6 is 0 Å². The number of ketones is 1. The van der Waals surface area contributed by atoms with Gasteiger partial charge in [0.2, 0.25) is 0 Å². The van der Waals surface area contributed by atoms with Crippen molar-refractivity contribution < 1.29 is 14.3 Å². The number of nitrogens with zero attached hydrogens (tertiary/aromatic N) is 1. The predicted octanol–water partition coefficient (Wildman–Crippen LogP) is 2.21. The van der Waals surface area contributed by atoms with E-state index in [1.807, 2.05) is 24.4 Å². The summed E-state index contributed by atoms with van der Waals surface area (Å²) in [5.74, 6) is 0.0639. The van der Waals surface area contributed by atoms with Gasteiger partial charge in [-0.2, -0.15) is 0 Å². The molecule has 0 saturated carbocycles. The number of nitrogens with one attached hydrogen (secondary N) is 2. The molecule has 1 aliphatic heterocycles. The number of amides is 1. The van der Waals surface area contributed by atoms with Crippen molar-refractivity contribution in [1.29, 1.82) is 0 Å². The Morgan fingerprint density at radius 1 is 1.25 bits per heavy atom. The van der Waals surface area contributed by atoms with Crippen molar-refractivity contribution in [3.8, 4) is 5.75 Å². The monoisotopic (exact) mass is 321 g/mol. The molecule has 0 saturated heterocycles. The van der Waals surface area contributed by atoms with Crippen molar-refractivity contribution in [2.24, 2.45) is 0 Å². The number of Topliss-reactive ketones (excluding diaryl/α,β-unsaturated/α-hetero) is 1. The average molecular weight is 321 g/mol. The quantitative estimate of drug-likeness (QED) is 0.774. The van der Waals surface area contributed by atoms with E-state index >= 15 is 0 Å². The van der Waals surface area contributed by atoms with Gasteiger partial charge in [-0.15, -0.1) is 0 Å². The third-order valence-electron chi connectivity index (χ3n) is 4.03. The van der Waals surface area contributed by atoms with Crippen LogP contribution in [-0.2, 0) is 11.3 Å². The number of aromatic nitrogens is 2. The highest BCUT2D eigenvalue weighted by molar-refractivity contribution is 6.03. The molecule has 4 rings (SSSR count). The van der Waals surface area contributed by atoms with Crippen molar-refractivity contribution in [2.75, 3.05) is 0 Å². The fraction of sp³-hybridized carbons (Fsp3) is 0.167. The highest BCUT2D eigenvalue weighted by atomic mass is 16.5. The Balaban J connectivity index is 1.44. The summed E-state index contributed by atoms with van der Waals surface area (Å²) in [5.41, 5.74) is 2.04. The molecule has 0 fully saturated rings. The highest BCUT2D eigenvalue weighted by Gasteiger charge is 2.31. The summed E-state index contributed by atoms with van der Waals surface area (Å²) < 4.78 is 5.65. The van der Waals surface area contributed by atoms with Crippen LogP contribution in [0.5, 0.6) is 5.75 Å². The van der Waals surface area contributed by atoms with Gasteiger partial charge in [-0.1, -0.05) is 12.1 Å². The van der Waals surface area contributed by atoms with Gasteiger partial charge >= 0.3 is 0 Å². The lowest BCUT2D eigenvalue weighted by molar-refractivity contribution is -0.128. The highest BCUT2D eigenvalue weighted by Crippen LogP contribution is 2.27. The van der Waals surface area contributed by atoms with Crippen molar-refractivity contribution in [1.82, 2.24) is 15.3 Å². The van der Waals surface area contributed by atoms with Crippen molar-refractivity contribution >= 4 is 22.7 Å². The Hall–Kier alpha value is -3.15. The summed E-state index contributed by atoms with van der Waals surface area (Å²) in [4.78, 5) is 31.9. The summed E-state index contributed by atoms with van der Waals surface area (Å²) in [6.07, 6.45) is 1.06. The molecule has 3 heterocycles. The number of fused-ring (bicyclic) bond motifs is 2. The second-order valence-electron chi connectivity index (χ2n) is 5.67. The van der Waals surface area contributed by atoms with Crippen LogP contribution in [0.4, 0.5) is 0 Å². The van der Waals surface area contributed by atoms with Crippen LogP contribution in [0.25, 0.3) is 11.0 Å². The third kappa shape index (κ3) is 2.62. The number of rotatable bonds is 3. The minimum absolute atomic E-state index is 0.0476. The Morgan fingerprint density at radius 3 is 3.04 bits per heavy atom. The van der Waals surface area contributed by atoms with Gasteiger partial charge in [-0.3, -0.25) is 9.59 Å². The zero-order valence-electron chi connectivity index (χ0n) is 12.8. The lowest BCUT2D eigenvalue weighted by Crippen LogP contribution is -2.41. The summed E-state index contributed by atoms with van der Waals surface area (Å²) in [5, 5.41) is 3.80. The molecule has 1 atom stereocenters. The molecule has 1 amide bonds. The molecule has 0 aliphatic carbocycles. The molecule has 1 aromatic carbocycles. The SMILES string of the molecule is O=C1CC(C(=O)NCc2ccc3cc[nH]c3n2)Oc2ccccc21. The zero-order valence-corrected chi connectivity index (χ0v) is 12.8. The van der Waals surface area contributed by atoms with E-state index in [4.69, 9.17) is 4.74 Å². The van der Waals surface area contributed by atoms with Gasteiger partial charge in [0.05, 0.1) is 24.2 Å². The molecule has 2 aromatic heterocycles. The van der Waals surface area contributed by atoms with Crippen LogP contribution in [0.3, 0.4) is 0 Å². The number of hydrogen-bond acceptors (Lipinski definition) is 4. The van der Waals surface area contributed by atoms with Crippen molar-refractivity contribution in [3.05, 3.63) is 59.9 Å². The second kappa shape index (κ2) is 5.81. The van der Waals surface area contributed by atoms with Crippen LogP contribution in [0.1, 0.15) is 22.5 Å².